The van der Waals surface area contributed by atoms with Crippen LogP contribution in [0, 0.1) is 11.8 Å². The molecule has 0 heterocycles. The molecule has 0 spiro atoms. The molecular weight excluding hydrogens is 228 g/mol. The molecule has 0 radical (unpaired) electrons. The van der Waals surface area contributed by atoms with Gasteiger partial charge in [-0.2, -0.15) is 0 Å². The van der Waals surface area contributed by atoms with Gasteiger partial charge in [-0.05, 0) is 11.8 Å². The average Bonchev–Trinajstić information content (AvgIpc) is 2.42. The van der Waals surface area contributed by atoms with Gasteiger partial charge in [0, 0.05) is 0 Å². The summed E-state index contributed by atoms with van der Waals surface area (Å²) in [5.74, 6) is 1.92. The fourth-order valence-electron chi connectivity index (χ4n) is 2.77. The van der Waals surface area contributed by atoms with Crippen molar-refractivity contribution in [2.24, 2.45) is 11.8 Å². The Balaban J connectivity index is 3.10. The minimum Gasteiger partial charge on any atom is -0.0654 e. The van der Waals surface area contributed by atoms with Crippen LogP contribution in [0.25, 0.3) is 0 Å². The third-order valence-electron chi connectivity index (χ3n) is 4.64. The Morgan fingerprint density at radius 3 is 1.42 bits per heavy atom. The second-order valence-corrected chi connectivity index (χ2v) is 6.81. The van der Waals surface area contributed by atoms with Crippen molar-refractivity contribution in [3.63, 3.8) is 0 Å². The van der Waals surface area contributed by atoms with E-state index >= 15 is 0 Å². The summed E-state index contributed by atoms with van der Waals surface area (Å²) in [4.78, 5) is 0. The molecule has 0 aliphatic heterocycles. The molecule has 0 aromatic rings. The van der Waals surface area contributed by atoms with Crippen LogP contribution in [0.1, 0.15) is 111 Å². The topological polar surface area (TPSA) is 0 Å². The van der Waals surface area contributed by atoms with Gasteiger partial charge in [0.15, 0.2) is 0 Å². The zero-order valence-electron chi connectivity index (χ0n) is 14.3. The fourth-order valence-corrected chi connectivity index (χ4v) is 2.77. The van der Waals surface area contributed by atoms with Crippen LogP contribution in [0.15, 0.2) is 0 Å². The van der Waals surface area contributed by atoms with Crippen LogP contribution in [0.3, 0.4) is 0 Å². The molecule has 0 rings (SSSR count). The Morgan fingerprint density at radius 2 is 0.947 bits per heavy atom. The second-order valence-electron chi connectivity index (χ2n) is 6.81. The van der Waals surface area contributed by atoms with Crippen molar-refractivity contribution in [1.29, 1.82) is 0 Å². The van der Waals surface area contributed by atoms with E-state index in [2.05, 4.69) is 27.7 Å². The molecule has 1 unspecified atom stereocenters. The number of unbranched alkanes of at least 4 members (excludes halogenated alkanes) is 7. The van der Waals surface area contributed by atoms with Gasteiger partial charge in [-0.15, -0.1) is 0 Å². The van der Waals surface area contributed by atoms with Gasteiger partial charge in [0.05, 0.1) is 0 Å². The summed E-state index contributed by atoms with van der Waals surface area (Å²) in [6.45, 7) is 9.43. The summed E-state index contributed by atoms with van der Waals surface area (Å²) in [5.41, 5.74) is 0. The van der Waals surface area contributed by atoms with Crippen LogP contribution in [-0.4, -0.2) is 0 Å². The third-order valence-corrected chi connectivity index (χ3v) is 4.64. The van der Waals surface area contributed by atoms with Crippen molar-refractivity contribution in [1.82, 2.24) is 0 Å². The first-order valence-electron chi connectivity index (χ1n) is 9.20. The summed E-state index contributed by atoms with van der Waals surface area (Å²) in [6.07, 6.45) is 18.8. The summed E-state index contributed by atoms with van der Waals surface area (Å²) < 4.78 is 0. The van der Waals surface area contributed by atoms with Crippen LogP contribution in [0.5, 0.6) is 0 Å². The van der Waals surface area contributed by atoms with Crippen molar-refractivity contribution < 1.29 is 0 Å². The normalized spacial score (nSPS) is 14.5. The first-order valence-corrected chi connectivity index (χ1v) is 9.20. The highest BCUT2D eigenvalue weighted by Crippen LogP contribution is 2.18. The molecule has 0 aliphatic rings. The minimum atomic E-state index is 0.949. The lowest BCUT2D eigenvalue weighted by Gasteiger charge is -2.10. The van der Waals surface area contributed by atoms with Crippen LogP contribution >= 0.6 is 0 Å². The lowest BCUT2D eigenvalue weighted by molar-refractivity contribution is 0.437. The monoisotopic (exact) mass is 268 g/mol. The van der Waals surface area contributed by atoms with Gasteiger partial charge in [-0.25, -0.2) is 0 Å². The van der Waals surface area contributed by atoms with E-state index in [0.717, 1.165) is 11.8 Å². The van der Waals surface area contributed by atoms with E-state index in [4.69, 9.17) is 0 Å². The molecule has 0 fully saturated rings. The SMILES string of the molecule is CCCC[C@@H](C)CCCCCCCCCC(C)CC. The number of rotatable bonds is 14. The third kappa shape index (κ3) is 14.2. The Morgan fingerprint density at radius 1 is 0.526 bits per heavy atom. The minimum absolute atomic E-state index is 0.949. The van der Waals surface area contributed by atoms with Crippen LogP contribution in [-0.2, 0) is 0 Å². The molecule has 2 atom stereocenters. The van der Waals surface area contributed by atoms with Crippen molar-refractivity contribution in [3.05, 3.63) is 0 Å². The summed E-state index contributed by atoms with van der Waals surface area (Å²) in [5, 5.41) is 0. The summed E-state index contributed by atoms with van der Waals surface area (Å²) in [6, 6.07) is 0. The van der Waals surface area contributed by atoms with Crippen LogP contribution in [0.2, 0.25) is 0 Å². The van der Waals surface area contributed by atoms with Gasteiger partial charge in [0.2, 0.25) is 0 Å². The molecule has 0 saturated heterocycles. The molecule has 0 heteroatoms. The Labute approximate surface area is 123 Å². The van der Waals surface area contributed by atoms with E-state index in [1.807, 2.05) is 0 Å². The maximum absolute atomic E-state index is 2.44. The number of hydrogen-bond donors (Lipinski definition) is 0. The highest BCUT2D eigenvalue weighted by atomic mass is 14.1. The molecule has 0 nitrogen and oxygen atoms in total. The number of hydrogen-bond acceptors (Lipinski definition) is 0. The summed E-state index contributed by atoms with van der Waals surface area (Å²) >= 11 is 0. The van der Waals surface area contributed by atoms with Crippen molar-refractivity contribution in [2.75, 3.05) is 0 Å². The maximum Gasteiger partial charge on any atom is -0.0443 e. The zero-order valence-corrected chi connectivity index (χ0v) is 14.3. The van der Waals surface area contributed by atoms with Crippen LogP contribution < -0.4 is 0 Å². The predicted molar refractivity (Wildman–Crippen MR) is 89.7 cm³/mol. The highest BCUT2D eigenvalue weighted by Gasteiger charge is 2.01. The quantitative estimate of drug-likeness (QED) is 0.288. The maximum atomic E-state index is 2.44. The van der Waals surface area contributed by atoms with Gasteiger partial charge >= 0.3 is 0 Å². The molecule has 0 N–H and O–H groups in total. The Hall–Kier alpha value is 0. The Bertz CT molecular complexity index is 161. The first-order chi connectivity index (χ1) is 9.20. The first kappa shape index (κ1) is 19.0. The molecule has 0 saturated carbocycles. The molecule has 19 heavy (non-hydrogen) atoms. The highest BCUT2D eigenvalue weighted by molar-refractivity contribution is 4.55. The molecule has 0 aromatic carbocycles. The Kier molecular flexibility index (Phi) is 14.4. The zero-order chi connectivity index (χ0) is 14.3. The van der Waals surface area contributed by atoms with E-state index in [0.29, 0.717) is 0 Å². The van der Waals surface area contributed by atoms with Crippen molar-refractivity contribution in [3.8, 4) is 0 Å². The molecule has 0 aliphatic carbocycles. The molecule has 0 bridgehead atoms. The van der Waals surface area contributed by atoms with Gasteiger partial charge in [-0.1, -0.05) is 111 Å². The largest absolute Gasteiger partial charge is 0.0654 e. The predicted octanol–water partition coefficient (Wildman–Crippen LogP) is 7.37. The van der Waals surface area contributed by atoms with Crippen LogP contribution in [0.4, 0.5) is 0 Å². The van der Waals surface area contributed by atoms with E-state index in [1.165, 1.54) is 83.5 Å². The molecular formula is C19H40. The standard InChI is InChI=1S/C19H40/c1-5-7-15-19(4)17-14-12-10-8-9-11-13-16-18(3)6-2/h18-19H,5-17H2,1-4H3/t18?,19-/m1/s1. The van der Waals surface area contributed by atoms with E-state index in [1.54, 1.807) is 0 Å². The molecule has 116 valence electrons. The second kappa shape index (κ2) is 14.4. The fraction of sp³-hybridized carbons (Fsp3) is 1.00. The van der Waals surface area contributed by atoms with Gasteiger partial charge in [-0.3, -0.25) is 0 Å². The van der Waals surface area contributed by atoms with E-state index in [-0.39, 0.29) is 0 Å². The molecule has 0 aromatic heterocycles. The average molecular weight is 269 g/mol. The molecule has 0 amide bonds. The van der Waals surface area contributed by atoms with Gasteiger partial charge in [0.1, 0.15) is 0 Å². The summed E-state index contributed by atoms with van der Waals surface area (Å²) in [7, 11) is 0. The van der Waals surface area contributed by atoms with Gasteiger partial charge < -0.3 is 0 Å². The van der Waals surface area contributed by atoms with Crippen molar-refractivity contribution >= 4 is 0 Å². The lowest BCUT2D eigenvalue weighted by Crippen LogP contribution is -1.94. The van der Waals surface area contributed by atoms with Crippen molar-refractivity contribution in [2.45, 2.75) is 111 Å². The van der Waals surface area contributed by atoms with Gasteiger partial charge in [0.25, 0.3) is 0 Å². The van der Waals surface area contributed by atoms with E-state index in [9.17, 15) is 0 Å². The smallest absolute Gasteiger partial charge is 0.0443 e. The lowest BCUT2D eigenvalue weighted by atomic mass is 9.96. The van der Waals surface area contributed by atoms with E-state index < -0.39 is 0 Å².